The summed E-state index contributed by atoms with van der Waals surface area (Å²) in [4.78, 5) is 11.2. The zero-order chi connectivity index (χ0) is 8.81. The van der Waals surface area contributed by atoms with Gasteiger partial charge in [-0.25, -0.2) is 4.39 Å². The lowest BCUT2D eigenvalue weighted by Gasteiger charge is -1.96. The monoisotopic (exact) mass is 165 g/mol. The van der Waals surface area contributed by atoms with Crippen molar-refractivity contribution in [1.29, 1.82) is 0 Å². The molecule has 12 heavy (non-hydrogen) atoms. The van der Waals surface area contributed by atoms with Gasteiger partial charge in [0.05, 0.1) is 0 Å². The summed E-state index contributed by atoms with van der Waals surface area (Å²) in [6, 6.07) is 8.91. The topological polar surface area (TPSA) is 17.1 Å². The molecule has 1 nitrogen and oxygen atoms in total. The molecule has 0 unspecified atom stereocenters. The van der Waals surface area contributed by atoms with E-state index in [-0.39, 0.29) is 18.6 Å². The third-order valence-electron chi connectivity index (χ3n) is 1.58. The van der Waals surface area contributed by atoms with Crippen molar-refractivity contribution in [2.75, 3.05) is 0 Å². The van der Waals surface area contributed by atoms with Gasteiger partial charge in [-0.2, -0.15) is 0 Å². The molecule has 0 aliphatic carbocycles. The number of carbonyl (C=O) groups excluding carboxylic acids is 1. The number of carbonyl (C=O) groups is 1. The standard InChI is InChI=1S/C10H10FO/c11-8-4-7-10(12)9-5-2-1-3-6-9/h1-3,5-6,8H,4,7H2. The van der Waals surface area contributed by atoms with E-state index in [0.717, 1.165) is 0 Å². The minimum atomic E-state index is -0.00972. The Kier molecular flexibility index (Phi) is 3.45. The van der Waals surface area contributed by atoms with Gasteiger partial charge >= 0.3 is 0 Å². The molecule has 0 bridgehead atoms. The predicted octanol–water partition coefficient (Wildman–Crippen LogP) is 2.78. The average Bonchev–Trinajstić information content (AvgIpc) is 2.15. The van der Waals surface area contributed by atoms with Gasteiger partial charge in [0.1, 0.15) is 6.67 Å². The Morgan fingerprint density at radius 2 is 2.00 bits per heavy atom. The summed E-state index contributed by atoms with van der Waals surface area (Å²) in [5.41, 5.74) is 0.652. The number of hydrogen-bond donors (Lipinski definition) is 0. The molecule has 1 radical (unpaired) electrons. The Bertz CT molecular complexity index is 243. The van der Waals surface area contributed by atoms with Crippen LogP contribution in [0.4, 0.5) is 4.39 Å². The van der Waals surface area contributed by atoms with Crippen molar-refractivity contribution in [2.45, 2.75) is 12.8 Å². The lowest BCUT2D eigenvalue weighted by atomic mass is 10.1. The fraction of sp³-hybridized carbons (Fsp3) is 0.200. The molecule has 0 N–H and O–H groups in total. The van der Waals surface area contributed by atoms with Crippen LogP contribution in [0.3, 0.4) is 0 Å². The summed E-state index contributed by atoms with van der Waals surface area (Å²) in [6.45, 7) is 0.515. The molecule has 1 aromatic carbocycles. The van der Waals surface area contributed by atoms with E-state index in [1.165, 1.54) is 0 Å². The summed E-state index contributed by atoms with van der Waals surface area (Å²) in [5.74, 6) is -0.00972. The van der Waals surface area contributed by atoms with Gasteiger partial charge in [-0.3, -0.25) is 4.79 Å². The van der Waals surface area contributed by atoms with Gasteiger partial charge in [-0.1, -0.05) is 30.3 Å². The SMILES string of the molecule is O=C(CC[CH]F)c1ccccc1. The molecule has 63 valence electrons. The van der Waals surface area contributed by atoms with Gasteiger partial charge in [0.2, 0.25) is 0 Å². The van der Waals surface area contributed by atoms with Crippen LogP contribution in [0, 0.1) is 6.67 Å². The molecule has 2 heteroatoms. The van der Waals surface area contributed by atoms with E-state index in [1.54, 1.807) is 24.3 Å². The normalized spacial score (nSPS) is 9.75. The van der Waals surface area contributed by atoms with Crippen molar-refractivity contribution in [3.05, 3.63) is 42.6 Å². The van der Waals surface area contributed by atoms with Crippen LogP contribution in [0.1, 0.15) is 23.2 Å². The average molecular weight is 165 g/mol. The first-order valence-corrected chi connectivity index (χ1v) is 3.84. The van der Waals surface area contributed by atoms with Gasteiger partial charge in [-0.05, 0) is 6.42 Å². The lowest BCUT2D eigenvalue weighted by molar-refractivity contribution is 0.0980. The molecule has 0 aliphatic rings. The van der Waals surface area contributed by atoms with E-state index in [2.05, 4.69) is 0 Å². The maximum atomic E-state index is 11.6. The second-order valence-electron chi connectivity index (χ2n) is 2.48. The summed E-state index contributed by atoms with van der Waals surface area (Å²) in [5, 5.41) is 0. The molecule has 0 fully saturated rings. The highest BCUT2D eigenvalue weighted by atomic mass is 19.1. The molecule has 0 heterocycles. The Labute approximate surface area is 71.2 Å². The third-order valence-corrected chi connectivity index (χ3v) is 1.58. The van der Waals surface area contributed by atoms with Crippen LogP contribution < -0.4 is 0 Å². The van der Waals surface area contributed by atoms with Crippen LogP contribution in [0.2, 0.25) is 0 Å². The molecule has 0 spiro atoms. The molecular formula is C10H10FO. The highest BCUT2D eigenvalue weighted by Crippen LogP contribution is 2.05. The minimum Gasteiger partial charge on any atom is -0.294 e. The number of rotatable bonds is 4. The van der Waals surface area contributed by atoms with E-state index >= 15 is 0 Å². The van der Waals surface area contributed by atoms with E-state index in [0.29, 0.717) is 12.2 Å². The van der Waals surface area contributed by atoms with E-state index in [9.17, 15) is 9.18 Å². The summed E-state index contributed by atoms with van der Waals surface area (Å²) >= 11 is 0. The Morgan fingerprint density at radius 3 is 2.58 bits per heavy atom. The zero-order valence-electron chi connectivity index (χ0n) is 6.66. The van der Waals surface area contributed by atoms with Crippen LogP contribution in [-0.4, -0.2) is 5.78 Å². The second-order valence-corrected chi connectivity index (χ2v) is 2.48. The molecule has 0 aliphatic heterocycles. The lowest BCUT2D eigenvalue weighted by Crippen LogP contribution is -1.97. The van der Waals surface area contributed by atoms with Crippen LogP contribution in [0.15, 0.2) is 30.3 Å². The maximum absolute atomic E-state index is 11.6. The second kappa shape index (κ2) is 4.65. The fourth-order valence-corrected chi connectivity index (χ4v) is 0.954. The minimum absolute atomic E-state index is 0.00972. The number of hydrogen-bond acceptors (Lipinski definition) is 1. The van der Waals surface area contributed by atoms with Gasteiger partial charge < -0.3 is 0 Å². The Morgan fingerprint density at radius 1 is 1.33 bits per heavy atom. The van der Waals surface area contributed by atoms with E-state index in [4.69, 9.17) is 0 Å². The smallest absolute Gasteiger partial charge is 0.162 e. The van der Waals surface area contributed by atoms with Crippen LogP contribution in [-0.2, 0) is 0 Å². The molecule has 1 aromatic rings. The predicted molar refractivity (Wildman–Crippen MR) is 45.4 cm³/mol. The Hall–Kier alpha value is -1.18. The zero-order valence-corrected chi connectivity index (χ0v) is 6.66. The molecule has 0 amide bonds. The van der Waals surface area contributed by atoms with Crippen molar-refractivity contribution in [3.8, 4) is 0 Å². The first kappa shape index (κ1) is 8.91. The van der Waals surface area contributed by atoms with Gasteiger partial charge in [0, 0.05) is 12.0 Å². The van der Waals surface area contributed by atoms with Crippen molar-refractivity contribution < 1.29 is 9.18 Å². The Balaban J connectivity index is 2.54. The summed E-state index contributed by atoms with van der Waals surface area (Å²) < 4.78 is 11.6. The van der Waals surface area contributed by atoms with Crippen molar-refractivity contribution in [3.63, 3.8) is 0 Å². The molecule has 1 rings (SSSR count). The summed E-state index contributed by atoms with van der Waals surface area (Å²) in [7, 11) is 0. The van der Waals surface area contributed by atoms with E-state index < -0.39 is 0 Å². The molecular weight excluding hydrogens is 155 g/mol. The first-order valence-electron chi connectivity index (χ1n) is 3.84. The highest BCUT2D eigenvalue weighted by Gasteiger charge is 2.03. The van der Waals surface area contributed by atoms with Gasteiger partial charge in [-0.15, -0.1) is 0 Å². The largest absolute Gasteiger partial charge is 0.294 e. The molecule has 0 aromatic heterocycles. The van der Waals surface area contributed by atoms with Crippen LogP contribution in [0.25, 0.3) is 0 Å². The van der Waals surface area contributed by atoms with Crippen LogP contribution >= 0.6 is 0 Å². The number of Topliss-reactive ketones (excluding diaryl/α,β-unsaturated/α-hetero) is 1. The number of benzene rings is 1. The van der Waals surface area contributed by atoms with Crippen molar-refractivity contribution in [1.82, 2.24) is 0 Å². The van der Waals surface area contributed by atoms with Crippen LogP contribution in [0.5, 0.6) is 0 Å². The molecule has 0 saturated heterocycles. The number of ketones is 1. The quantitative estimate of drug-likeness (QED) is 0.627. The molecule has 0 atom stereocenters. The van der Waals surface area contributed by atoms with Crippen molar-refractivity contribution >= 4 is 5.78 Å². The molecule has 0 saturated carbocycles. The first-order chi connectivity index (χ1) is 5.84. The van der Waals surface area contributed by atoms with Gasteiger partial charge in [0.25, 0.3) is 0 Å². The van der Waals surface area contributed by atoms with Crippen molar-refractivity contribution in [2.24, 2.45) is 0 Å². The number of halogens is 1. The summed E-state index contributed by atoms with van der Waals surface area (Å²) in [6.07, 6.45) is 0.453. The van der Waals surface area contributed by atoms with Gasteiger partial charge in [0.15, 0.2) is 5.78 Å². The maximum Gasteiger partial charge on any atom is 0.162 e. The highest BCUT2D eigenvalue weighted by molar-refractivity contribution is 5.95. The van der Waals surface area contributed by atoms with E-state index in [1.807, 2.05) is 6.07 Å². The fourth-order valence-electron chi connectivity index (χ4n) is 0.954. The third kappa shape index (κ3) is 2.46.